The van der Waals surface area contributed by atoms with Gasteiger partial charge < -0.3 is 9.47 Å². The number of sulfonamides is 1. The molecule has 1 atom stereocenters. The van der Waals surface area contributed by atoms with Crippen molar-refractivity contribution < 1.29 is 17.9 Å². The molecule has 7 nitrogen and oxygen atoms in total. The van der Waals surface area contributed by atoms with Gasteiger partial charge in [-0.2, -0.15) is 4.31 Å². The molecule has 0 saturated heterocycles. The fourth-order valence-electron chi connectivity index (χ4n) is 4.54. The Morgan fingerprint density at radius 2 is 1.69 bits per heavy atom. The lowest BCUT2D eigenvalue weighted by atomic mass is 10.00. The molecule has 0 fully saturated rings. The largest absolute Gasteiger partial charge is 0.495 e. The SMILES string of the molecule is COc1ccccc1S(=O)(=O)N1Cc2ccccc2COCC1Cc1cccc(-c2cncnc2)c1. The quantitative estimate of drug-likeness (QED) is 0.387. The molecule has 1 aliphatic heterocycles. The highest BCUT2D eigenvalue weighted by molar-refractivity contribution is 7.89. The molecule has 184 valence electrons. The molecule has 0 saturated carbocycles. The van der Waals surface area contributed by atoms with E-state index in [1.807, 2.05) is 42.5 Å². The highest BCUT2D eigenvalue weighted by atomic mass is 32.2. The molecule has 36 heavy (non-hydrogen) atoms. The second kappa shape index (κ2) is 10.6. The molecule has 3 aromatic carbocycles. The number of ether oxygens (including phenoxy) is 2. The lowest BCUT2D eigenvalue weighted by molar-refractivity contribution is 0.0673. The maximum atomic E-state index is 14.1. The Morgan fingerprint density at radius 3 is 2.50 bits per heavy atom. The molecule has 0 radical (unpaired) electrons. The van der Waals surface area contributed by atoms with Gasteiger partial charge in [0.1, 0.15) is 17.0 Å². The van der Waals surface area contributed by atoms with Crippen molar-refractivity contribution in [3.63, 3.8) is 0 Å². The summed E-state index contributed by atoms with van der Waals surface area (Å²) >= 11 is 0. The lowest BCUT2D eigenvalue weighted by Crippen LogP contribution is -2.45. The molecule has 8 heteroatoms. The molecular formula is C28H27N3O4S. The van der Waals surface area contributed by atoms with E-state index in [1.54, 1.807) is 41.0 Å². The van der Waals surface area contributed by atoms with E-state index in [2.05, 4.69) is 16.0 Å². The van der Waals surface area contributed by atoms with Crippen molar-refractivity contribution >= 4 is 10.0 Å². The number of para-hydroxylation sites is 1. The van der Waals surface area contributed by atoms with Crippen LogP contribution in [0.4, 0.5) is 0 Å². The van der Waals surface area contributed by atoms with Crippen LogP contribution in [0.5, 0.6) is 5.75 Å². The first-order valence-corrected chi connectivity index (χ1v) is 13.1. The van der Waals surface area contributed by atoms with Crippen molar-refractivity contribution in [2.45, 2.75) is 30.5 Å². The Kier molecular flexibility index (Phi) is 7.09. The summed E-state index contributed by atoms with van der Waals surface area (Å²) in [7, 11) is -2.43. The minimum atomic E-state index is -3.91. The van der Waals surface area contributed by atoms with E-state index >= 15 is 0 Å². The van der Waals surface area contributed by atoms with Gasteiger partial charge in [-0.1, -0.05) is 60.7 Å². The van der Waals surface area contributed by atoms with Gasteiger partial charge >= 0.3 is 0 Å². The summed E-state index contributed by atoms with van der Waals surface area (Å²) in [5, 5.41) is 0. The average Bonchev–Trinajstić information content (AvgIpc) is 2.91. The van der Waals surface area contributed by atoms with Crippen LogP contribution in [0, 0.1) is 0 Å². The number of hydrogen-bond donors (Lipinski definition) is 0. The number of aromatic nitrogens is 2. The third-order valence-corrected chi connectivity index (χ3v) is 8.31. The number of hydrogen-bond acceptors (Lipinski definition) is 6. The van der Waals surface area contributed by atoms with Crippen LogP contribution in [0.3, 0.4) is 0 Å². The van der Waals surface area contributed by atoms with E-state index in [0.29, 0.717) is 18.8 Å². The van der Waals surface area contributed by atoms with E-state index in [0.717, 1.165) is 27.8 Å². The van der Waals surface area contributed by atoms with E-state index in [1.165, 1.54) is 13.4 Å². The molecule has 1 unspecified atom stereocenters. The van der Waals surface area contributed by atoms with Crippen molar-refractivity contribution in [3.8, 4) is 16.9 Å². The third kappa shape index (κ3) is 5.02. The van der Waals surface area contributed by atoms with Crippen molar-refractivity contribution in [1.82, 2.24) is 14.3 Å². The Labute approximate surface area is 211 Å². The zero-order valence-electron chi connectivity index (χ0n) is 19.9. The summed E-state index contributed by atoms with van der Waals surface area (Å²) in [5.74, 6) is 0.318. The van der Waals surface area contributed by atoms with E-state index in [4.69, 9.17) is 9.47 Å². The highest BCUT2D eigenvalue weighted by Crippen LogP contribution is 2.32. The van der Waals surface area contributed by atoms with E-state index in [9.17, 15) is 8.42 Å². The average molecular weight is 502 g/mol. The lowest BCUT2D eigenvalue weighted by Gasteiger charge is -2.34. The molecule has 5 rings (SSSR count). The van der Waals surface area contributed by atoms with Crippen LogP contribution < -0.4 is 4.74 Å². The fourth-order valence-corrected chi connectivity index (χ4v) is 6.28. The molecular weight excluding hydrogens is 474 g/mol. The van der Waals surface area contributed by atoms with Gasteiger partial charge in [-0.25, -0.2) is 18.4 Å². The smallest absolute Gasteiger partial charge is 0.247 e. The Balaban J connectivity index is 1.55. The zero-order chi connectivity index (χ0) is 25.0. The third-order valence-electron chi connectivity index (χ3n) is 6.37. The summed E-state index contributed by atoms with van der Waals surface area (Å²) in [6.07, 6.45) is 5.51. The predicted molar refractivity (Wildman–Crippen MR) is 137 cm³/mol. The Hall–Kier alpha value is -3.59. The first-order valence-electron chi connectivity index (χ1n) is 11.7. The van der Waals surface area contributed by atoms with Gasteiger partial charge in [-0.15, -0.1) is 0 Å². The number of nitrogens with zero attached hydrogens (tertiary/aromatic N) is 3. The van der Waals surface area contributed by atoms with Gasteiger partial charge in [0.15, 0.2) is 0 Å². The van der Waals surface area contributed by atoms with Crippen LogP contribution in [-0.4, -0.2) is 42.4 Å². The van der Waals surface area contributed by atoms with Gasteiger partial charge in [0.2, 0.25) is 10.0 Å². The standard InChI is InChI=1S/C28H27N3O4S/c1-34-27-11-4-5-12-28(27)36(32,33)31-17-23-8-2-3-9-24(23)18-35-19-26(31)14-21-7-6-10-22(13-21)25-15-29-20-30-16-25/h2-13,15-16,20,26H,14,17-19H2,1H3. The summed E-state index contributed by atoms with van der Waals surface area (Å²) < 4.78 is 41.2. The van der Waals surface area contributed by atoms with Crippen molar-refractivity contribution in [1.29, 1.82) is 0 Å². The van der Waals surface area contributed by atoms with Gasteiger partial charge in [0.05, 0.1) is 26.4 Å². The summed E-state index contributed by atoms with van der Waals surface area (Å²) in [6, 6.07) is 22.2. The molecule has 0 amide bonds. The van der Waals surface area contributed by atoms with E-state index in [-0.39, 0.29) is 18.0 Å². The maximum absolute atomic E-state index is 14.1. The molecule has 4 aromatic rings. The highest BCUT2D eigenvalue weighted by Gasteiger charge is 2.35. The summed E-state index contributed by atoms with van der Waals surface area (Å²) in [6.45, 7) is 0.953. The molecule has 0 N–H and O–H groups in total. The normalized spacial score (nSPS) is 16.5. The fraction of sp³-hybridized carbons (Fsp3) is 0.214. The molecule has 1 aliphatic rings. The monoisotopic (exact) mass is 501 g/mol. The number of fused-ring (bicyclic) bond motifs is 1. The molecule has 2 heterocycles. The second-order valence-electron chi connectivity index (χ2n) is 8.67. The van der Waals surface area contributed by atoms with Crippen LogP contribution >= 0.6 is 0 Å². The van der Waals surface area contributed by atoms with Gasteiger partial charge in [0.25, 0.3) is 0 Å². The Morgan fingerprint density at radius 1 is 0.944 bits per heavy atom. The summed E-state index contributed by atoms with van der Waals surface area (Å²) in [5.41, 5.74) is 4.79. The van der Waals surface area contributed by atoms with Crippen LogP contribution in [-0.2, 0) is 34.3 Å². The minimum Gasteiger partial charge on any atom is -0.495 e. The minimum absolute atomic E-state index is 0.144. The van der Waals surface area contributed by atoms with Crippen molar-refractivity contribution in [3.05, 3.63) is 108 Å². The number of rotatable bonds is 6. The van der Waals surface area contributed by atoms with Crippen LogP contribution in [0.2, 0.25) is 0 Å². The maximum Gasteiger partial charge on any atom is 0.247 e. The molecule has 0 bridgehead atoms. The zero-order valence-corrected chi connectivity index (χ0v) is 20.8. The van der Waals surface area contributed by atoms with E-state index < -0.39 is 16.1 Å². The first-order chi connectivity index (χ1) is 17.6. The summed E-state index contributed by atoms with van der Waals surface area (Å²) in [4.78, 5) is 8.37. The Bertz CT molecular complexity index is 1440. The van der Waals surface area contributed by atoms with Gasteiger partial charge in [-0.3, -0.25) is 0 Å². The molecule has 1 aromatic heterocycles. The number of benzene rings is 3. The molecule has 0 spiro atoms. The molecule has 0 aliphatic carbocycles. The second-order valence-corrected chi connectivity index (χ2v) is 10.5. The van der Waals surface area contributed by atoms with Gasteiger partial charge in [-0.05, 0) is 40.8 Å². The van der Waals surface area contributed by atoms with Crippen LogP contribution in [0.1, 0.15) is 16.7 Å². The first kappa shape index (κ1) is 24.1. The topological polar surface area (TPSA) is 81.6 Å². The van der Waals surface area contributed by atoms with Crippen LogP contribution in [0.25, 0.3) is 11.1 Å². The number of methoxy groups -OCH3 is 1. The van der Waals surface area contributed by atoms with Crippen molar-refractivity contribution in [2.24, 2.45) is 0 Å². The van der Waals surface area contributed by atoms with Crippen LogP contribution in [0.15, 0.2) is 96.4 Å². The van der Waals surface area contributed by atoms with Gasteiger partial charge in [0, 0.05) is 24.5 Å². The predicted octanol–water partition coefficient (Wildman–Crippen LogP) is 4.48. The van der Waals surface area contributed by atoms with Crippen molar-refractivity contribution in [2.75, 3.05) is 13.7 Å².